The highest BCUT2D eigenvalue weighted by molar-refractivity contribution is 9.09. The van der Waals surface area contributed by atoms with Gasteiger partial charge in [0.05, 0.1) is 5.56 Å². The van der Waals surface area contributed by atoms with Crippen LogP contribution < -0.4 is 4.74 Å². The second kappa shape index (κ2) is 7.50. The highest BCUT2D eigenvalue weighted by atomic mass is 79.9. The number of aryl methyl sites for hydroxylation is 1. The number of carbonyl (C=O) groups is 2. The number of fused-ring (bicyclic) bond motifs is 1. The number of alkyl halides is 1. The van der Waals surface area contributed by atoms with Gasteiger partial charge in [-0.2, -0.15) is 0 Å². The van der Waals surface area contributed by atoms with Gasteiger partial charge in [0.1, 0.15) is 10.8 Å². The summed E-state index contributed by atoms with van der Waals surface area (Å²) in [5, 5.41) is -0.283. The Kier molecular flexibility index (Phi) is 5.35. The summed E-state index contributed by atoms with van der Waals surface area (Å²) in [6.45, 7) is 3.90. The van der Waals surface area contributed by atoms with Gasteiger partial charge in [-0.25, -0.2) is 0 Å². The molecule has 4 nitrogen and oxygen atoms in total. The van der Waals surface area contributed by atoms with Crippen LogP contribution in [0, 0.1) is 0 Å². The molecule has 1 heterocycles. The lowest BCUT2D eigenvalue weighted by molar-refractivity contribution is -0.0563. The summed E-state index contributed by atoms with van der Waals surface area (Å²) < 4.78 is 11.3. The van der Waals surface area contributed by atoms with Crippen molar-refractivity contribution in [3.8, 4) is 5.75 Å². The van der Waals surface area contributed by atoms with E-state index in [4.69, 9.17) is 9.47 Å². The average Bonchev–Trinajstić information content (AvgIpc) is 2.96. The zero-order valence-electron chi connectivity index (χ0n) is 14.1. The SMILES string of the molecule is CCc1ccc2c(c1C(=O)c1ccccc1)C(=O)C(OC(Br)CC)O2. The van der Waals surface area contributed by atoms with Crippen molar-refractivity contribution >= 4 is 27.5 Å². The number of halogens is 1. The molecule has 25 heavy (non-hydrogen) atoms. The Balaban J connectivity index is 2.05. The fourth-order valence-corrected chi connectivity index (χ4v) is 3.06. The van der Waals surface area contributed by atoms with Gasteiger partial charge in [-0.05, 0) is 24.5 Å². The van der Waals surface area contributed by atoms with Gasteiger partial charge in [-0.1, -0.05) is 66.2 Å². The quantitative estimate of drug-likeness (QED) is 0.526. The van der Waals surface area contributed by atoms with Crippen LogP contribution in [-0.4, -0.2) is 22.9 Å². The number of carbonyl (C=O) groups excluding carboxylic acids is 2. The molecule has 0 radical (unpaired) electrons. The third kappa shape index (κ3) is 3.39. The van der Waals surface area contributed by atoms with Crippen molar-refractivity contribution in [1.29, 1.82) is 0 Å². The summed E-state index contributed by atoms with van der Waals surface area (Å²) >= 11 is 3.35. The Morgan fingerprint density at radius 1 is 1.20 bits per heavy atom. The molecule has 2 aromatic carbocycles. The second-order valence-corrected chi connectivity index (χ2v) is 6.81. The van der Waals surface area contributed by atoms with Crippen molar-refractivity contribution in [2.24, 2.45) is 0 Å². The van der Waals surface area contributed by atoms with E-state index in [9.17, 15) is 9.59 Å². The topological polar surface area (TPSA) is 52.6 Å². The fourth-order valence-electron chi connectivity index (χ4n) is 2.86. The predicted octanol–water partition coefficient (Wildman–Crippen LogP) is 4.53. The van der Waals surface area contributed by atoms with Crippen LogP contribution in [0.1, 0.15) is 52.1 Å². The van der Waals surface area contributed by atoms with Crippen molar-refractivity contribution in [1.82, 2.24) is 0 Å². The molecule has 0 fully saturated rings. The Bertz CT molecular complexity index is 801. The molecular weight excluding hydrogens is 384 g/mol. The molecule has 0 bridgehead atoms. The molecule has 0 saturated carbocycles. The van der Waals surface area contributed by atoms with E-state index in [0.29, 0.717) is 35.3 Å². The van der Waals surface area contributed by atoms with Crippen LogP contribution in [0.25, 0.3) is 0 Å². The van der Waals surface area contributed by atoms with Crippen LogP contribution in [0.15, 0.2) is 42.5 Å². The van der Waals surface area contributed by atoms with E-state index >= 15 is 0 Å². The normalized spacial score (nSPS) is 17.1. The van der Waals surface area contributed by atoms with E-state index in [1.807, 2.05) is 38.1 Å². The standard InChI is InChI=1S/C20H19BrO4/c1-3-12-10-11-14-17(19(23)20(24-14)25-15(21)4-2)16(12)18(22)13-8-6-5-7-9-13/h5-11,15,20H,3-4H2,1-2H3. The Hall–Kier alpha value is -1.98. The van der Waals surface area contributed by atoms with E-state index in [2.05, 4.69) is 15.9 Å². The third-order valence-corrected chi connectivity index (χ3v) is 5.05. The molecule has 0 aromatic heterocycles. The molecule has 2 unspecified atom stereocenters. The highest BCUT2D eigenvalue weighted by Crippen LogP contribution is 2.36. The summed E-state index contributed by atoms with van der Waals surface area (Å²) in [6.07, 6.45) is 0.323. The summed E-state index contributed by atoms with van der Waals surface area (Å²) in [6, 6.07) is 12.6. The zero-order chi connectivity index (χ0) is 18.0. The summed E-state index contributed by atoms with van der Waals surface area (Å²) in [5.41, 5.74) is 2.13. The van der Waals surface area contributed by atoms with Crippen LogP contribution in [0.4, 0.5) is 0 Å². The number of rotatable bonds is 6. The maximum absolute atomic E-state index is 13.1. The first-order valence-corrected chi connectivity index (χ1v) is 9.24. The van der Waals surface area contributed by atoms with Crippen molar-refractivity contribution in [3.63, 3.8) is 0 Å². The number of benzene rings is 2. The molecule has 2 aromatic rings. The molecule has 5 heteroatoms. The zero-order valence-corrected chi connectivity index (χ0v) is 15.7. The molecule has 0 aliphatic carbocycles. The molecule has 2 atom stereocenters. The maximum Gasteiger partial charge on any atom is 0.265 e. The third-order valence-electron chi connectivity index (χ3n) is 4.18. The first-order valence-electron chi connectivity index (χ1n) is 8.32. The van der Waals surface area contributed by atoms with E-state index in [-0.39, 0.29) is 16.6 Å². The maximum atomic E-state index is 13.1. The fraction of sp³-hybridized carbons (Fsp3) is 0.300. The molecule has 0 saturated heterocycles. The van der Waals surface area contributed by atoms with Gasteiger partial charge in [0.2, 0.25) is 5.78 Å². The molecule has 130 valence electrons. The Labute approximate surface area is 155 Å². The molecule has 3 rings (SSSR count). The molecule has 1 aliphatic heterocycles. The van der Waals surface area contributed by atoms with Crippen LogP contribution >= 0.6 is 15.9 Å². The summed E-state index contributed by atoms with van der Waals surface area (Å²) in [4.78, 5) is 25.9. The lowest BCUT2D eigenvalue weighted by Gasteiger charge is -2.14. The van der Waals surface area contributed by atoms with E-state index < -0.39 is 6.29 Å². The van der Waals surface area contributed by atoms with Gasteiger partial charge in [0, 0.05) is 11.1 Å². The van der Waals surface area contributed by atoms with Gasteiger partial charge in [0.25, 0.3) is 6.29 Å². The second-order valence-electron chi connectivity index (χ2n) is 5.79. The lowest BCUT2D eigenvalue weighted by atomic mass is 9.90. The van der Waals surface area contributed by atoms with Crippen molar-refractivity contribution in [2.75, 3.05) is 0 Å². The first-order chi connectivity index (χ1) is 12.1. The highest BCUT2D eigenvalue weighted by Gasteiger charge is 2.39. The summed E-state index contributed by atoms with van der Waals surface area (Å²) in [7, 11) is 0. The van der Waals surface area contributed by atoms with Gasteiger partial charge < -0.3 is 9.47 Å². The average molecular weight is 403 g/mol. The minimum atomic E-state index is -1.02. The molecule has 0 spiro atoms. The molecular formula is C20H19BrO4. The van der Waals surface area contributed by atoms with Gasteiger partial charge in [-0.3, -0.25) is 9.59 Å². The monoisotopic (exact) mass is 402 g/mol. The Morgan fingerprint density at radius 3 is 2.56 bits per heavy atom. The first kappa shape index (κ1) is 17.8. The number of Topliss-reactive ketones (excluding diaryl/α,β-unsaturated/α-hetero) is 1. The van der Waals surface area contributed by atoms with Crippen LogP contribution in [-0.2, 0) is 11.2 Å². The lowest BCUT2D eigenvalue weighted by Crippen LogP contribution is -2.27. The van der Waals surface area contributed by atoms with E-state index in [1.54, 1.807) is 18.2 Å². The minimum absolute atomic E-state index is 0.169. The van der Waals surface area contributed by atoms with Crippen LogP contribution in [0.5, 0.6) is 5.75 Å². The van der Waals surface area contributed by atoms with Gasteiger partial charge in [-0.15, -0.1) is 0 Å². The predicted molar refractivity (Wildman–Crippen MR) is 98.5 cm³/mol. The molecule has 1 aliphatic rings. The molecule has 0 amide bonds. The van der Waals surface area contributed by atoms with E-state index in [1.165, 1.54) is 0 Å². The number of hydrogen-bond acceptors (Lipinski definition) is 4. The minimum Gasteiger partial charge on any atom is -0.456 e. The number of hydrogen-bond donors (Lipinski definition) is 0. The van der Waals surface area contributed by atoms with Gasteiger partial charge in [0.15, 0.2) is 5.78 Å². The number of ether oxygens (including phenoxy) is 2. The largest absolute Gasteiger partial charge is 0.456 e. The summed E-state index contributed by atoms with van der Waals surface area (Å²) in [5.74, 6) is -0.0671. The van der Waals surface area contributed by atoms with Crippen molar-refractivity contribution < 1.29 is 19.1 Å². The number of ketones is 2. The van der Waals surface area contributed by atoms with Crippen LogP contribution in [0.2, 0.25) is 0 Å². The smallest absolute Gasteiger partial charge is 0.265 e. The Morgan fingerprint density at radius 2 is 1.92 bits per heavy atom. The van der Waals surface area contributed by atoms with Gasteiger partial charge >= 0.3 is 0 Å². The van der Waals surface area contributed by atoms with Crippen molar-refractivity contribution in [3.05, 3.63) is 64.7 Å². The molecule has 0 N–H and O–H groups in total. The van der Waals surface area contributed by atoms with Crippen molar-refractivity contribution in [2.45, 2.75) is 38.0 Å². The van der Waals surface area contributed by atoms with Crippen LogP contribution in [0.3, 0.4) is 0 Å². The van der Waals surface area contributed by atoms with E-state index in [0.717, 1.165) is 5.56 Å².